The number of halogens is 2. The summed E-state index contributed by atoms with van der Waals surface area (Å²) in [5, 5.41) is 1.77. The molecule has 1 amide bonds. The van der Waals surface area contributed by atoms with E-state index in [1.807, 2.05) is 13.0 Å². The van der Waals surface area contributed by atoms with Gasteiger partial charge in [0.05, 0.1) is 5.52 Å². The fourth-order valence-corrected chi connectivity index (χ4v) is 3.31. The van der Waals surface area contributed by atoms with Gasteiger partial charge < -0.3 is 11.5 Å². The quantitative estimate of drug-likeness (QED) is 0.526. The average molecular weight is 373 g/mol. The molecule has 7 heteroatoms. The first-order valence-corrected chi connectivity index (χ1v) is 8.12. The van der Waals surface area contributed by atoms with Crippen molar-refractivity contribution in [2.24, 2.45) is 16.5 Å². The van der Waals surface area contributed by atoms with Gasteiger partial charge in [0.15, 0.2) is 5.96 Å². The number of nitrogens with two attached hydrogens (primary N) is 2. The lowest BCUT2D eigenvalue weighted by molar-refractivity contribution is 0.100. The number of benzene rings is 2. The van der Waals surface area contributed by atoms with Crippen molar-refractivity contribution in [1.29, 1.82) is 0 Å². The second-order valence-corrected chi connectivity index (χ2v) is 6.30. The highest BCUT2D eigenvalue weighted by molar-refractivity contribution is 6.39. The fraction of sp³-hybridized carbons (Fsp3) is 0.0556. The molecule has 0 spiro atoms. The third-order valence-electron chi connectivity index (χ3n) is 3.75. The van der Waals surface area contributed by atoms with Crippen LogP contribution in [0.1, 0.15) is 15.9 Å². The fourth-order valence-electron chi connectivity index (χ4n) is 2.71. The molecule has 0 aliphatic rings. The van der Waals surface area contributed by atoms with Crippen molar-refractivity contribution >= 4 is 46.0 Å². The molecule has 126 valence electrons. The van der Waals surface area contributed by atoms with Crippen LogP contribution < -0.4 is 11.5 Å². The molecule has 3 aromatic rings. The van der Waals surface area contributed by atoms with Crippen molar-refractivity contribution in [2.75, 3.05) is 0 Å². The van der Waals surface area contributed by atoms with E-state index in [2.05, 4.69) is 9.98 Å². The van der Waals surface area contributed by atoms with E-state index in [-0.39, 0.29) is 5.96 Å². The first-order chi connectivity index (χ1) is 11.9. The zero-order chi connectivity index (χ0) is 18.1. The molecule has 0 saturated carbocycles. The van der Waals surface area contributed by atoms with Gasteiger partial charge in [-0.3, -0.25) is 9.78 Å². The van der Waals surface area contributed by atoms with Gasteiger partial charge >= 0.3 is 0 Å². The maximum atomic E-state index is 12.2. The van der Waals surface area contributed by atoms with Gasteiger partial charge in [0, 0.05) is 32.8 Å². The first-order valence-electron chi connectivity index (χ1n) is 7.36. The van der Waals surface area contributed by atoms with Crippen molar-refractivity contribution in [1.82, 2.24) is 4.98 Å². The number of guanidine groups is 1. The Balaban J connectivity index is 2.33. The summed E-state index contributed by atoms with van der Waals surface area (Å²) in [4.78, 5) is 20.2. The zero-order valence-electron chi connectivity index (χ0n) is 13.3. The SMILES string of the molecule is Cc1cc(C(=O)N=C(N)N)cc2c(-c3c(Cl)cccc3Cl)ccnc12. The minimum Gasteiger partial charge on any atom is -0.370 e. The van der Waals surface area contributed by atoms with Crippen LogP contribution in [-0.4, -0.2) is 16.9 Å². The number of pyridine rings is 1. The summed E-state index contributed by atoms with van der Waals surface area (Å²) < 4.78 is 0. The normalized spacial score (nSPS) is 10.7. The summed E-state index contributed by atoms with van der Waals surface area (Å²) in [5.74, 6) is -0.812. The number of aryl methyl sites for hydroxylation is 1. The molecule has 0 atom stereocenters. The van der Waals surface area contributed by atoms with Crippen LogP contribution >= 0.6 is 23.2 Å². The number of aliphatic imine (C=N–C) groups is 1. The molecule has 0 aliphatic heterocycles. The third-order valence-corrected chi connectivity index (χ3v) is 4.38. The van der Waals surface area contributed by atoms with Gasteiger partial charge in [-0.05, 0) is 48.4 Å². The molecule has 0 radical (unpaired) electrons. The summed E-state index contributed by atoms with van der Waals surface area (Å²) in [7, 11) is 0. The Labute approximate surface area is 154 Å². The molecular weight excluding hydrogens is 359 g/mol. The van der Waals surface area contributed by atoms with Crippen LogP contribution in [0.2, 0.25) is 10.0 Å². The first kappa shape index (κ1) is 17.2. The van der Waals surface area contributed by atoms with Crippen LogP contribution in [0.15, 0.2) is 47.6 Å². The standard InChI is InChI=1S/C18H14Cl2N4O/c1-9-7-10(17(25)24-18(21)22)8-12-11(5-6-23-16(9)12)15-13(19)3-2-4-14(15)20/h2-8H,1H3,(H4,21,22,24,25). The van der Waals surface area contributed by atoms with E-state index in [0.717, 1.165) is 22.0 Å². The van der Waals surface area contributed by atoms with Gasteiger partial charge in [-0.2, -0.15) is 4.99 Å². The maximum Gasteiger partial charge on any atom is 0.280 e. The van der Waals surface area contributed by atoms with E-state index in [0.29, 0.717) is 21.2 Å². The molecule has 3 rings (SSSR count). The Morgan fingerprint density at radius 1 is 1.12 bits per heavy atom. The monoisotopic (exact) mass is 372 g/mol. The predicted octanol–water partition coefficient (Wildman–Crippen LogP) is 3.93. The molecule has 0 bridgehead atoms. The van der Waals surface area contributed by atoms with Crippen LogP contribution in [0.4, 0.5) is 0 Å². The van der Waals surface area contributed by atoms with Crippen LogP contribution in [0.3, 0.4) is 0 Å². The van der Waals surface area contributed by atoms with Crippen molar-refractivity contribution in [3.63, 3.8) is 0 Å². The average Bonchev–Trinajstić information content (AvgIpc) is 2.54. The molecule has 0 aliphatic carbocycles. The number of nitrogens with zero attached hydrogens (tertiary/aromatic N) is 2. The lowest BCUT2D eigenvalue weighted by Crippen LogP contribution is -2.24. The molecular formula is C18H14Cl2N4O. The molecule has 25 heavy (non-hydrogen) atoms. The van der Waals surface area contributed by atoms with Crippen LogP contribution in [0, 0.1) is 6.92 Å². The van der Waals surface area contributed by atoms with E-state index < -0.39 is 5.91 Å². The van der Waals surface area contributed by atoms with Crippen LogP contribution in [-0.2, 0) is 0 Å². The second kappa shape index (κ2) is 6.70. The summed E-state index contributed by atoms with van der Waals surface area (Å²) in [6, 6.07) is 10.5. The van der Waals surface area contributed by atoms with E-state index >= 15 is 0 Å². The second-order valence-electron chi connectivity index (χ2n) is 5.49. The smallest absolute Gasteiger partial charge is 0.280 e. The number of hydrogen-bond donors (Lipinski definition) is 2. The number of carbonyl (C=O) groups is 1. The number of hydrogen-bond acceptors (Lipinski definition) is 2. The minimum atomic E-state index is -0.523. The topological polar surface area (TPSA) is 94.4 Å². The Morgan fingerprint density at radius 2 is 1.80 bits per heavy atom. The molecule has 4 N–H and O–H groups in total. The Morgan fingerprint density at radius 3 is 2.44 bits per heavy atom. The van der Waals surface area contributed by atoms with E-state index in [9.17, 15) is 4.79 Å². The van der Waals surface area contributed by atoms with E-state index in [1.54, 1.807) is 36.5 Å². The predicted molar refractivity (Wildman–Crippen MR) is 102 cm³/mol. The minimum absolute atomic E-state index is 0.289. The Bertz CT molecular complexity index is 1010. The molecule has 0 saturated heterocycles. The summed E-state index contributed by atoms with van der Waals surface area (Å²) >= 11 is 12.7. The highest BCUT2D eigenvalue weighted by atomic mass is 35.5. The van der Waals surface area contributed by atoms with Gasteiger partial charge in [-0.1, -0.05) is 29.3 Å². The Kier molecular flexibility index (Phi) is 4.61. The number of aromatic nitrogens is 1. The van der Waals surface area contributed by atoms with Crippen LogP contribution in [0.5, 0.6) is 0 Å². The van der Waals surface area contributed by atoms with Crippen LogP contribution in [0.25, 0.3) is 22.0 Å². The molecule has 5 nitrogen and oxygen atoms in total. The van der Waals surface area contributed by atoms with Crippen molar-refractivity contribution < 1.29 is 4.79 Å². The lowest BCUT2D eigenvalue weighted by Gasteiger charge is -2.12. The summed E-state index contributed by atoms with van der Waals surface area (Å²) in [5.41, 5.74) is 14.0. The zero-order valence-corrected chi connectivity index (χ0v) is 14.8. The molecule has 1 aromatic heterocycles. The van der Waals surface area contributed by atoms with Gasteiger partial charge in [-0.25, -0.2) is 0 Å². The number of rotatable bonds is 2. The van der Waals surface area contributed by atoms with Gasteiger partial charge in [0.25, 0.3) is 5.91 Å². The summed E-state index contributed by atoms with van der Waals surface area (Å²) in [6.07, 6.45) is 1.68. The number of amides is 1. The molecule has 0 unspecified atom stereocenters. The Hall–Kier alpha value is -2.63. The third kappa shape index (κ3) is 3.29. The number of fused-ring (bicyclic) bond motifs is 1. The van der Waals surface area contributed by atoms with Gasteiger partial charge in [0.1, 0.15) is 0 Å². The molecule has 1 heterocycles. The van der Waals surface area contributed by atoms with Crippen molar-refractivity contribution in [2.45, 2.75) is 6.92 Å². The summed E-state index contributed by atoms with van der Waals surface area (Å²) in [6.45, 7) is 1.86. The highest BCUT2D eigenvalue weighted by Gasteiger charge is 2.15. The molecule has 0 fully saturated rings. The van der Waals surface area contributed by atoms with Gasteiger partial charge in [-0.15, -0.1) is 0 Å². The number of carbonyl (C=O) groups excluding carboxylic acids is 1. The largest absolute Gasteiger partial charge is 0.370 e. The van der Waals surface area contributed by atoms with E-state index in [4.69, 9.17) is 34.7 Å². The molecule has 2 aromatic carbocycles. The highest BCUT2D eigenvalue weighted by Crippen LogP contribution is 2.38. The van der Waals surface area contributed by atoms with E-state index in [1.165, 1.54) is 0 Å². The van der Waals surface area contributed by atoms with Crippen molar-refractivity contribution in [3.05, 3.63) is 63.8 Å². The van der Waals surface area contributed by atoms with Crippen molar-refractivity contribution in [3.8, 4) is 11.1 Å². The maximum absolute atomic E-state index is 12.2. The lowest BCUT2D eigenvalue weighted by atomic mass is 9.97. The van der Waals surface area contributed by atoms with Gasteiger partial charge in [0.2, 0.25) is 0 Å².